The topological polar surface area (TPSA) is 70.8 Å². The van der Waals surface area contributed by atoms with Gasteiger partial charge in [0.05, 0.1) is 6.04 Å². The summed E-state index contributed by atoms with van der Waals surface area (Å²) in [7, 11) is 0. The van der Waals surface area contributed by atoms with Gasteiger partial charge in [0.2, 0.25) is 5.76 Å². The number of rotatable bonds is 5. The number of halogens is 1. The fourth-order valence-corrected chi connectivity index (χ4v) is 2.73. The van der Waals surface area contributed by atoms with Crippen molar-refractivity contribution in [2.75, 3.05) is 0 Å². The predicted molar refractivity (Wildman–Crippen MR) is 84.7 cm³/mol. The Morgan fingerprint density at radius 2 is 1.78 bits per heavy atom. The summed E-state index contributed by atoms with van der Waals surface area (Å²) >= 11 is 5.91. The third kappa shape index (κ3) is 3.24. The van der Waals surface area contributed by atoms with Crippen LogP contribution in [0.2, 0.25) is 5.02 Å². The van der Waals surface area contributed by atoms with E-state index in [4.69, 9.17) is 21.1 Å². The summed E-state index contributed by atoms with van der Waals surface area (Å²) in [5, 5.41) is 9.56. The monoisotopic (exact) mass is 333 g/mol. The van der Waals surface area contributed by atoms with E-state index >= 15 is 0 Å². The number of hydrogen-bond acceptors (Lipinski definition) is 3. The minimum absolute atomic E-state index is 0.0510. The molecule has 1 fully saturated rings. The van der Waals surface area contributed by atoms with Crippen LogP contribution >= 0.6 is 11.6 Å². The number of carboxylic acids is 1. The SMILES string of the molecule is CC(c1ccc(Cl)cc1)N(C(=O)c1ccc(C(=O)O)o1)C1CC1. The molecule has 3 rings (SSSR count). The lowest BCUT2D eigenvalue weighted by atomic mass is 10.1. The standard InChI is InChI=1S/C17H16ClNO4/c1-10(11-2-4-12(18)5-3-11)19(13-6-7-13)16(20)14-8-9-15(23-14)17(21)22/h2-5,8-10,13H,6-7H2,1H3,(H,21,22). The second-order valence-electron chi connectivity index (χ2n) is 5.64. The predicted octanol–water partition coefficient (Wildman–Crippen LogP) is 4.00. The molecule has 1 saturated carbocycles. The molecule has 1 aliphatic carbocycles. The molecule has 0 aliphatic heterocycles. The summed E-state index contributed by atoms with van der Waals surface area (Å²) in [4.78, 5) is 25.4. The van der Waals surface area contributed by atoms with E-state index in [1.807, 2.05) is 19.1 Å². The normalized spacial score (nSPS) is 15.2. The van der Waals surface area contributed by atoms with Gasteiger partial charge in [0.25, 0.3) is 5.91 Å². The largest absolute Gasteiger partial charge is 0.475 e. The Hall–Kier alpha value is -2.27. The van der Waals surface area contributed by atoms with E-state index in [0.29, 0.717) is 5.02 Å². The molecule has 0 saturated heterocycles. The molecule has 1 N–H and O–H groups in total. The minimum atomic E-state index is -1.19. The van der Waals surface area contributed by atoms with Crippen molar-refractivity contribution in [1.29, 1.82) is 0 Å². The third-order valence-electron chi connectivity index (χ3n) is 3.97. The quantitative estimate of drug-likeness (QED) is 0.897. The molecule has 1 aromatic carbocycles. The Morgan fingerprint density at radius 3 is 2.30 bits per heavy atom. The smallest absolute Gasteiger partial charge is 0.371 e. The van der Waals surface area contributed by atoms with Crippen LogP contribution in [0, 0.1) is 0 Å². The van der Waals surface area contributed by atoms with Gasteiger partial charge in [-0.15, -0.1) is 0 Å². The average Bonchev–Trinajstić information content (AvgIpc) is 3.22. The first-order valence-corrected chi connectivity index (χ1v) is 7.76. The zero-order valence-corrected chi connectivity index (χ0v) is 13.3. The molecule has 1 amide bonds. The molecule has 23 heavy (non-hydrogen) atoms. The molecular weight excluding hydrogens is 318 g/mol. The number of carbonyl (C=O) groups excluding carboxylic acids is 1. The maximum atomic E-state index is 12.8. The van der Waals surface area contributed by atoms with Gasteiger partial charge in [-0.2, -0.15) is 0 Å². The fourth-order valence-electron chi connectivity index (χ4n) is 2.61. The molecule has 1 atom stereocenters. The molecule has 5 nitrogen and oxygen atoms in total. The van der Waals surface area contributed by atoms with Crippen LogP contribution in [0.15, 0.2) is 40.8 Å². The van der Waals surface area contributed by atoms with Gasteiger partial charge in [0.1, 0.15) is 0 Å². The van der Waals surface area contributed by atoms with Gasteiger partial charge in [-0.25, -0.2) is 4.79 Å². The van der Waals surface area contributed by atoms with E-state index in [1.54, 1.807) is 17.0 Å². The van der Waals surface area contributed by atoms with Gasteiger partial charge in [-0.05, 0) is 49.6 Å². The molecule has 1 unspecified atom stereocenters. The van der Waals surface area contributed by atoms with Crippen molar-refractivity contribution < 1.29 is 19.1 Å². The second-order valence-corrected chi connectivity index (χ2v) is 6.08. The van der Waals surface area contributed by atoms with Crippen molar-refractivity contribution in [2.45, 2.75) is 31.8 Å². The van der Waals surface area contributed by atoms with E-state index in [2.05, 4.69) is 0 Å². The number of furan rings is 1. The average molecular weight is 334 g/mol. The second kappa shape index (κ2) is 6.08. The van der Waals surface area contributed by atoms with Crippen LogP contribution in [-0.2, 0) is 0 Å². The maximum absolute atomic E-state index is 12.8. The summed E-state index contributed by atoms with van der Waals surface area (Å²) in [6, 6.07) is 10.1. The fraction of sp³-hybridized carbons (Fsp3) is 0.294. The van der Waals surface area contributed by atoms with Crippen molar-refractivity contribution in [3.8, 4) is 0 Å². The molecule has 2 aromatic rings. The Kier molecular flexibility index (Phi) is 4.13. The van der Waals surface area contributed by atoms with Crippen LogP contribution < -0.4 is 0 Å². The van der Waals surface area contributed by atoms with Crippen LogP contribution in [0.3, 0.4) is 0 Å². The lowest BCUT2D eigenvalue weighted by Gasteiger charge is -2.29. The van der Waals surface area contributed by atoms with Gasteiger partial charge >= 0.3 is 5.97 Å². The van der Waals surface area contributed by atoms with E-state index in [1.165, 1.54) is 12.1 Å². The highest BCUT2D eigenvalue weighted by Gasteiger charge is 2.38. The van der Waals surface area contributed by atoms with Crippen LogP contribution in [-0.4, -0.2) is 27.9 Å². The zero-order valence-electron chi connectivity index (χ0n) is 12.5. The molecular formula is C17H16ClNO4. The van der Waals surface area contributed by atoms with Crippen molar-refractivity contribution in [3.63, 3.8) is 0 Å². The van der Waals surface area contributed by atoms with Crippen molar-refractivity contribution in [3.05, 3.63) is 58.5 Å². The molecule has 0 radical (unpaired) electrons. The Labute approximate surface area is 138 Å². The molecule has 1 aromatic heterocycles. The van der Waals surface area contributed by atoms with E-state index in [0.717, 1.165) is 18.4 Å². The highest BCUT2D eigenvalue weighted by Crippen LogP contribution is 2.36. The lowest BCUT2D eigenvalue weighted by molar-refractivity contribution is 0.0618. The number of hydrogen-bond donors (Lipinski definition) is 1. The highest BCUT2D eigenvalue weighted by molar-refractivity contribution is 6.30. The van der Waals surface area contributed by atoms with Gasteiger partial charge in [-0.3, -0.25) is 4.79 Å². The first-order valence-electron chi connectivity index (χ1n) is 7.38. The summed E-state index contributed by atoms with van der Waals surface area (Å²) in [6.45, 7) is 1.94. The molecule has 6 heteroatoms. The van der Waals surface area contributed by atoms with Crippen LogP contribution in [0.25, 0.3) is 0 Å². The van der Waals surface area contributed by atoms with Crippen molar-refractivity contribution in [2.24, 2.45) is 0 Å². The third-order valence-corrected chi connectivity index (χ3v) is 4.22. The molecule has 1 heterocycles. The first kappa shape index (κ1) is 15.6. The Balaban J connectivity index is 1.87. The molecule has 120 valence electrons. The van der Waals surface area contributed by atoms with E-state index in [-0.39, 0.29) is 29.5 Å². The van der Waals surface area contributed by atoms with Crippen LogP contribution in [0.4, 0.5) is 0 Å². The maximum Gasteiger partial charge on any atom is 0.371 e. The summed E-state index contributed by atoms with van der Waals surface area (Å²) in [5.41, 5.74) is 0.972. The van der Waals surface area contributed by atoms with Gasteiger partial charge in [-0.1, -0.05) is 23.7 Å². The van der Waals surface area contributed by atoms with Gasteiger partial charge in [0.15, 0.2) is 5.76 Å². The van der Waals surface area contributed by atoms with Crippen LogP contribution in [0.1, 0.15) is 52.5 Å². The zero-order chi connectivity index (χ0) is 16.6. The highest BCUT2D eigenvalue weighted by atomic mass is 35.5. The lowest BCUT2D eigenvalue weighted by Crippen LogP contribution is -2.35. The van der Waals surface area contributed by atoms with Crippen molar-refractivity contribution >= 4 is 23.5 Å². The number of benzene rings is 1. The number of aromatic carboxylic acids is 1. The Morgan fingerprint density at radius 1 is 1.17 bits per heavy atom. The number of nitrogens with zero attached hydrogens (tertiary/aromatic N) is 1. The molecule has 0 bridgehead atoms. The summed E-state index contributed by atoms with van der Waals surface area (Å²) < 4.78 is 5.16. The Bertz CT molecular complexity index is 733. The number of carbonyl (C=O) groups is 2. The minimum Gasteiger partial charge on any atom is -0.475 e. The summed E-state index contributed by atoms with van der Waals surface area (Å²) in [6.07, 6.45) is 1.88. The number of carboxylic acid groups (broad SMARTS) is 1. The van der Waals surface area contributed by atoms with Crippen LogP contribution in [0.5, 0.6) is 0 Å². The van der Waals surface area contributed by atoms with Gasteiger partial charge in [0, 0.05) is 11.1 Å². The number of amides is 1. The molecule has 1 aliphatic rings. The van der Waals surface area contributed by atoms with E-state index < -0.39 is 5.97 Å². The first-order chi connectivity index (χ1) is 11.0. The van der Waals surface area contributed by atoms with Gasteiger partial charge < -0.3 is 14.4 Å². The van der Waals surface area contributed by atoms with E-state index in [9.17, 15) is 9.59 Å². The van der Waals surface area contributed by atoms with Crippen molar-refractivity contribution in [1.82, 2.24) is 4.90 Å². The summed E-state index contributed by atoms with van der Waals surface area (Å²) in [5.74, 6) is -1.66. The molecule has 0 spiro atoms.